The second-order valence-corrected chi connectivity index (χ2v) is 9.37. The molecule has 0 atom stereocenters. The predicted octanol–water partition coefficient (Wildman–Crippen LogP) is 7.52. The molecule has 0 saturated heterocycles. The van der Waals surface area contributed by atoms with Crippen LogP contribution in [0.1, 0.15) is 56.2 Å². The van der Waals surface area contributed by atoms with E-state index in [0.29, 0.717) is 6.61 Å². The first-order valence-electron chi connectivity index (χ1n) is 13.5. The lowest BCUT2D eigenvalue weighted by atomic mass is 9.88. The Morgan fingerprint density at radius 3 is 2.45 bits per heavy atom. The van der Waals surface area contributed by atoms with Crippen molar-refractivity contribution in [2.24, 2.45) is 0 Å². The average molecular weight is 508 g/mol. The molecule has 0 saturated carbocycles. The van der Waals surface area contributed by atoms with E-state index in [0.717, 1.165) is 54.4 Å². The van der Waals surface area contributed by atoms with Crippen molar-refractivity contribution in [3.63, 3.8) is 0 Å². The van der Waals surface area contributed by atoms with Crippen LogP contribution in [0, 0.1) is 0 Å². The average Bonchev–Trinajstić information content (AvgIpc) is 3.43. The third kappa shape index (κ3) is 6.80. The lowest BCUT2D eigenvalue weighted by Gasteiger charge is -2.17. The summed E-state index contributed by atoms with van der Waals surface area (Å²) in [5, 5.41) is 8.35. The van der Waals surface area contributed by atoms with Crippen molar-refractivity contribution >= 4 is 28.0 Å². The number of likely N-dealkylation sites (N-methyl/N-ethyl adjacent to an activating group) is 1. The number of carbonyl (C=O) groups excluding carboxylic acids is 1. The number of fused-ring (bicyclic) bond motifs is 1. The van der Waals surface area contributed by atoms with E-state index in [1.54, 1.807) is 11.0 Å². The van der Waals surface area contributed by atoms with Crippen LogP contribution in [0.4, 0.5) is 0 Å². The Morgan fingerprint density at radius 2 is 1.71 bits per heavy atom. The number of unbranched alkanes of at least 4 members (excludes halogenated alkanes) is 2. The Bertz CT molecular complexity index is 1380. The van der Waals surface area contributed by atoms with Crippen LogP contribution in [0.25, 0.3) is 22.0 Å². The third-order valence-electron chi connectivity index (χ3n) is 6.79. The highest BCUT2D eigenvalue weighted by molar-refractivity contribution is 6.00. The Labute approximate surface area is 225 Å². The molecule has 0 aliphatic carbocycles. The number of carbonyl (C=O) groups is 1. The molecule has 0 bridgehead atoms. The topological polar surface area (TPSA) is 58.2 Å². The predicted molar refractivity (Wildman–Crippen MR) is 157 cm³/mol. The molecule has 0 fully saturated rings. The summed E-state index contributed by atoms with van der Waals surface area (Å²) in [5.74, 6) is 0.923. The minimum atomic E-state index is 0.0560. The van der Waals surface area contributed by atoms with Gasteiger partial charge in [-0.3, -0.25) is 9.89 Å². The lowest BCUT2D eigenvalue weighted by molar-refractivity contribution is -0.124. The molecule has 196 valence electrons. The number of benzene rings is 3. The molecule has 1 heterocycles. The summed E-state index contributed by atoms with van der Waals surface area (Å²) in [7, 11) is 1.81. The summed E-state index contributed by atoms with van der Waals surface area (Å²) in [6.07, 6.45) is 9.20. The molecule has 1 N–H and O–H groups in total. The minimum Gasteiger partial charge on any atom is -0.494 e. The van der Waals surface area contributed by atoms with Crippen LogP contribution in [0.3, 0.4) is 0 Å². The first kappa shape index (κ1) is 26.9. The summed E-state index contributed by atoms with van der Waals surface area (Å²) >= 11 is 0. The number of amides is 1. The van der Waals surface area contributed by atoms with E-state index < -0.39 is 0 Å². The molecule has 3 aromatic carbocycles. The molecule has 5 nitrogen and oxygen atoms in total. The normalized spacial score (nSPS) is 12.1. The fraction of sp³-hybridized carbons (Fsp3) is 0.273. The number of allylic oxidation sites excluding steroid dienone is 2. The largest absolute Gasteiger partial charge is 0.494 e. The number of aromatic amines is 1. The summed E-state index contributed by atoms with van der Waals surface area (Å²) in [6.45, 7) is 5.56. The van der Waals surface area contributed by atoms with Crippen LogP contribution >= 0.6 is 0 Å². The van der Waals surface area contributed by atoms with Gasteiger partial charge in [0.15, 0.2) is 0 Å². The zero-order valence-corrected chi connectivity index (χ0v) is 22.6. The Kier molecular flexibility index (Phi) is 9.52. The lowest BCUT2D eigenvalue weighted by Crippen LogP contribution is -2.23. The number of rotatable bonds is 12. The number of aromatic nitrogens is 2. The van der Waals surface area contributed by atoms with Crippen LogP contribution in [0.15, 0.2) is 91.1 Å². The monoisotopic (exact) mass is 507 g/mol. The molecule has 4 rings (SSSR count). The summed E-state index contributed by atoms with van der Waals surface area (Å²) in [4.78, 5) is 13.5. The molecular weight excluding hydrogens is 470 g/mol. The standard InChI is InChI=1S/C33H37N3O2/c1-4-30(25-13-9-8-10-14-25)33(27-18-21-31-28(23-27)24-34-35-31)26-16-19-29(20-17-26)38-22-12-7-6-11-15-32(37)36(3)5-2/h8-11,13-21,23-24H,4-7,12,22H2,1-3H3,(H,34,35)/b15-11+,33-30+. The van der Waals surface area contributed by atoms with E-state index in [9.17, 15) is 4.79 Å². The van der Waals surface area contributed by atoms with Gasteiger partial charge in [-0.25, -0.2) is 0 Å². The van der Waals surface area contributed by atoms with Gasteiger partial charge in [0.05, 0.1) is 18.3 Å². The molecule has 1 amide bonds. The Hall–Kier alpha value is -4.12. The second kappa shape index (κ2) is 13.4. The molecule has 0 aliphatic heterocycles. The minimum absolute atomic E-state index is 0.0560. The zero-order valence-electron chi connectivity index (χ0n) is 22.6. The van der Waals surface area contributed by atoms with Gasteiger partial charge >= 0.3 is 0 Å². The van der Waals surface area contributed by atoms with Gasteiger partial charge in [0.2, 0.25) is 5.91 Å². The molecule has 38 heavy (non-hydrogen) atoms. The van der Waals surface area contributed by atoms with Gasteiger partial charge in [-0.1, -0.05) is 61.5 Å². The van der Waals surface area contributed by atoms with Crippen LogP contribution in [-0.4, -0.2) is 41.2 Å². The molecule has 0 unspecified atom stereocenters. The van der Waals surface area contributed by atoms with Crippen molar-refractivity contribution in [1.29, 1.82) is 0 Å². The molecule has 0 radical (unpaired) electrons. The summed E-state index contributed by atoms with van der Waals surface area (Å²) in [5.41, 5.74) is 7.12. The van der Waals surface area contributed by atoms with Gasteiger partial charge < -0.3 is 9.64 Å². The van der Waals surface area contributed by atoms with Gasteiger partial charge in [-0.05, 0) is 90.8 Å². The molecular formula is C33H37N3O2. The second-order valence-electron chi connectivity index (χ2n) is 9.37. The zero-order chi connectivity index (χ0) is 26.7. The first-order valence-corrected chi connectivity index (χ1v) is 13.5. The van der Waals surface area contributed by atoms with Gasteiger partial charge in [0.1, 0.15) is 5.75 Å². The van der Waals surface area contributed by atoms with Gasteiger partial charge in [0.25, 0.3) is 0 Å². The van der Waals surface area contributed by atoms with Crippen LogP contribution in [0.5, 0.6) is 5.75 Å². The molecule has 5 heteroatoms. The summed E-state index contributed by atoms with van der Waals surface area (Å²) < 4.78 is 6.02. The van der Waals surface area contributed by atoms with Crippen molar-refractivity contribution in [2.45, 2.75) is 39.5 Å². The van der Waals surface area contributed by atoms with Crippen molar-refractivity contribution in [2.75, 3.05) is 20.2 Å². The van der Waals surface area contributed by atoms with Crippen molar-refractivity contribution in [3.05, 3.63) is 108 Å². The highest BCUT2D eigenvalue weighted by Crippen LogP contribution is 2.36. The van der Waals surface area contributed by atoms with Gasteiger partial charge in [0, 0.05) is 19.0 Å². The van der Waals surface area contributed by atoms with Gasteiger partial charge in [-0.15, -0.1) is 0 Å². The maximum absolute atomic E-state index is 11.8. The first-order chi connectivity index (χ1) is 18.6. The Balaban J connectivity index is 1.47. The van der Waals surface area contributed by atoms with Crippen molar-refractivity contribution in [1.82, 2.24) is 15.1 Å². The van der Waals surface area contributed by atoms with E-state index in [2.05, 4.69) is 89.9 Å². The van der Waals surface area contributed by atoms with E-state index in [1.165, 1.54) is 22.3 Å². The van der Waals surface area contributed by atoms with E-state index >= 15 is 0 Å². The summed E-state index contributed by atoms with van der Waals surface area (Å²) in [6, 6.07) is 25.5. The van der Waals surface area contributed by atoms with E-state index in [4.69, 9.17) is 4.74 Å². The fourth-order valence-corrected chi connectivity index (χ4v) is 4.52. The Morgan fingerprint density at radius 1 is 0.947 bits per heavy atom. The number of ether oxygens (including phenoxy) is 1. The molecule has 0 aliphatic rings. The van der Waals surface area contributed by atoms with E-state index in [1.807, 2.05) is 26.2 Å². The van der Waals surface area contributed by atoms with E-state index in [-0.39, 0.29) is 5.91 Å². The van der Waals surface area contributed by atoms with Crippen molar-refractivity contribution < 1.29 is 9.53 Å². The number of H-pyrrole nitrogens is 1. The molecule has 1 aromatic heterocycles. The highest BCUT2D eigenvalue weighted by Gasteiger charge is 2.14. The molecule has 4 aromatic rings. The van der Waals surface area contributed by atoms with Crippen molar-refractivity contribution in [3.8, 4) is 5.75 Å². The SMILES string of the molecule is CC/C(=C(/c1ccc(OCCCC/C=C/C(=O)N(C)CC)cc1)c1ccc2[nH]ncc2c1)c1ccccc1. The third-order valence-corrected chi connectivity index (χ3v) is 6.79. The van der Waals surface area contributed by atoms with Crippen LogP contribution in [0.2, 0.25) is 0 Å². The number of hydrogen-bond acceptors (Lipinski definition) is 3. The van der Waals surface area contributed by atoms with Gasteiger partial charge in [-0.2, -0.15) is 5.10 Å². The highest BCUT2D eigenvalue weighted by atomic mass is 16.5. The van der Waals surface area contributed by atoms with Crippen LogP contribution in [-0.2, 0) is 4.79 Å². The fourth-order valence-electron chi connectivity index (χ4n) is 4.52. The number of nitrogens with one attached hydrogen (secondary N) is 1. The maximum atomic E-state index is 11.8. The smallest absolute Gasteiger partial charge is 0.245 e. The maximum Gasteiger partial charge on any atom is 0.245 e. The quantitative estimate of drug-likeness (QED) is 0.123. The molecule has 0 spiro atoms. The number of nitrogens with zero attached hydrogens (tertiary/aromatic N) is 2. The van der Waals surface area contributed by atoms with Crippen LogP contribution < -0.4 is 4.74 Å². The number of hydrogen-bond donors (Lipinski definition) is 1.